The first-order valence-corrected chi connectivity index (χ1v) is 28.9. The van der Waals surface area contributed by atoms with E-state index in [1.807, 2.05) is 43.3 Å². The number of aliphatic hydroxyl groups excluding tert-OH is 1. The Bertz CT molecular complexity index is 2940. The summed E-state index contributed by atoms with van der Waals surface area (Å²) in [6.45, 7) is 16.7. The number of rotatable bonds is 14. The fraction of sp³-hybridized carbons (Fsp3) is 0.273. The van der Waals surface area contributed by atoms with Crippen molar-refractivity contribution in [2.24, 2.45) is 0 Å². The monoisotopic (exact) mass is 1080 g/mol. The van der Waals surface area contributed by atoms with Crippen molar-refractivity contribution < 1.29 is 61.7 Å². The van der Waals surface area contributed by atoms with Gasteiger partial charge in [-0.3, -0.25) is 18.2 Å². The molecule has 0 amide bonds. The van der Waals surface area contributed by atoms with Gasteiger partial charge in [0.25, 0.3) is 40.5 Å². The third-order valence-electron chi connectivity index (χ3n) is 10.7. The highest BCUT2D eigenvalue weighted by molar-refractivity contribution is 7.86. The Morgan fingerprint density at radius 1 is 0.575 bits per heavy atom. The van der Waals surface area contributed by atoms with E-state index in [0.29, 0.717) is 0 Å². The molecule has 6 aromatic carbocycles. The van der Waals surface area contributed by atoms with Crippen LogP contribution in [0.2, 0.25) is 0 Å². The summed E-state index contributed by atoms with van der Waals surface area (Å²) >= 11 is 0. The van der Waals surface area contributed by atoms with Gasteiger partial charge in [0.1, 0.15) is 0 Å². The van der Waals surface area contributed by atoms with Crippen LogP contribution in [-0.2, 0) is 63.7 Å². The molecule has 1 fully saturated rings. The number of benzene rings is 6. The lowest BCUT2D eigenvalue weighted by Gasteiger charge is -2.23. The van der Waals surface area contributed by atoms with Crippen LogP contribution < -0.4 is 0 Å². The Morgan fingerprint density at radius 2 is 0.945 bits per heavy atom. The highest BCUT2D eigenvalue weighted by Crippen LogP contribution is 2.35. The van der Waals surface area contributed by atoms with Gasteiger partial charge in [-0.15, -0.1) is 0 Å². The zero-order chi connectivity index (χ0) is 54.7. The van der Waals surface area contributed by atoms with E-state index in [4.69, 9.17) is 28.1 Å². The van der Waals surface area contributed by atoms with Gasteiger partial charge in [-0.25, -0.2) is 0 Å². The molecule has 73 heavy (non-hydrogen) atoms. The van der Waals surface area contributed by atoms with Crippen molar-refractivity contribution in [3.05, 3.63) is 204 Å². The summed E-state index contributed by atoms with van der Waals surface area (Å²) in [4.78, 5) is -0.268. The first-order chi connectivity index (χ1) is 34.3. The molecule has 6 aromatic rings. The van der Waals surface area contributed by atoms with Gasteiger partial charge in [0.15, 0.2) is 0 Å². The maximum Gasteiger partial charge on any atom is 0.294 e. The van der Waals surface area contributed by atoms with Crippen LogP contribution in [0.3, 0.4) is 0 Å². The topological polar surface area (TPSA) is 247 Å². The summed E-state index contributed by atoms with van der Waals surface area (Å²) in [7, 11) is -16.2. The molecule has 1 unspecified atom stereocenters. The lowest BCUT2D eigenvalue weighted by Crippen LogP contribution is -2.19. The Balaban J connectivity index is 0.000000300. The van der Waals surface area contributed by atoms with Crippen LogP contribution in [0.4, 0.5) is 0 Å². The lowest BCUT2D eigenvalue weighted by molar-refractivity contribution is 0.0168. The smallest absolute Gasteiger partial charge is 0.294 e. The SMILES string of the molecule is C=C(CCCO)c1ccccc1.C=Cc1ccc(S(=O)(=O)O)cc1.CC1(c2ccccc2)CCCO1.CCCc1ccc(S(=O)(=O)O)cc1.CCCc1ccc(S(=O)(=O)O)cc1.Cc1ccc(S(=O)(=O)O)cc1. The molecule has 1 aliphatic heterocycles. The molecule has 5 N–H and O–H groups in total. The van der Waals surface area contributed by atoms with E-state index in [1.54, 1.807) is 54.6 Å². The highest BCUT2D eigenvalue weighted by Gasteiger charge is 2.31. The largest absolute Gasteiger partial charge is 0.396 e. The molecule has 1 aliphatic rings. The zero-order valence-electron chi connectivity index (χ0n) is 41.6. The fourth-order valence-corrected chi connectivity index (χ4v) is 8.55. The van der Waals surface area contributed by atoms with E-state index < -0.39 is 40.5 Å². The van der Waals surface area contributed by atoms with Crippen LogP contribution in [0.15, 0.2) is 190 Å². The maximum absolute atomic E-state index is 10.7. The Morgan fingerprint density at radius 3 is 1.27 bits per heavy atom. The summed E-state index contributed by atoms with van der Waals surface area (Å²) in [6, 6.07) is 44.8. The number of allylic oxidation sites excluding steroid dienone is 1. The molecule has 18 heteroatoms. The summed E-state index contributed by atoms with van der Waals surface area (Å²) in [6.07, 6.45) is 9.48. The molecule has 0 aliphatic carbocycles. The minimum atomic E-state index is -4.06. The average Bonchev–Trinajstić information content (AvgIpc) is 3.82. The molecular weight excluding hydrogens is 1010 g/mol. The molecule has 396 valence electrons. The van der Waals surface area contributed by atoms with Crippen molar-refractivity contribution in [2.75, 3.05) is 13.2 Å². The van der Waals surface area contributed by atoms with Gasteiger partial charge in [0.05, 0.1) is 25.2 Å². The van der Waals surface area contributed by atoms with Crippen molar-refractivity contribution >= 4 is 52.1 Å². The Labute approximate surface area is 433 Å². The molecule has 1 saturated heterocycles. The van der Waals surface area contributed by atoms with E-state index in [1.165, 1.54) is 66.1 Å². The first kappa shape index (κ1) is 63.5. The zero-order valence-corrected chi connectivity index (χ0v) is 44.9. The lowest BCUT2D eigenvalue weighted by atomic mass is 9.93. The van der Waals surface area contributed by atoms with Crippen LogP contribution in [0, 0.1) is 6.92 Å². The minimum Gasteiger partial charge on any atom is -0.396 e. The molecule has 14 nitrogen and oxygen atoms in total. The second-order valence-electron chi connectivity index (χ2n) is 16.6. The van der Waals surface area contributed by atoms with Gasteiger partial charge in [-0.2, -0.15) is 33.7 Å². The van der Waals surface area contributed by atoms with Crippen molar-refractivity contribution in [1.82, 2.24) is 0 Å². The first-order valence-electron chi connectivity index (χ1n) is 23.2. The van der Waals surface area contributed by atoms with Crippen LogP contribution in [0.5, 0.6) is 0 Å². The minimum absolute atomic E-state index is 0.0126. The van der Waals surface area contributed by atoms with Crippen molar-refractivity contribution in [3.8, 4) is 0 Å². The number of ether oxygens (including phenoxy) is 1. The maximum atomic E-state index is 10.7. The van der Waals surface area contributed by atoms with Gasteiger partial charge in [0.2, 0.25) is 0 Å². The Hall–Kier alpha value is -5.64. The van der Waals surface area contributed by atoms with E-state index in [0.717, 1.165) is 79.4 Å². The van der Waals surface area contributed by atoms with Gasteiger partial charge in [-0.05, 0) is 134 Å². The molecule has 0 saturated carbocycles. The quantitative estimate of drug-likeness (QED) is 0.0637. The number of aliphatic hydroxyl groups is 1. The molecule has 0 radical (unpaired) electrons. The van der Waals surface area contributed by atoms with E-state index >= 15 is 0 Å². The highest BCUT2D eigenvalue weighted by atomic mass is 32.2. The van der Waals surface area contributed by atoms with E-state index in [2.05, 4.69) is 58.2 Å². The molecule has 1 heterocycles. The summed E-state index contributed by atoms with van der Waals surface area (Å²) in [5.41, 5.74) is 7.49. The normalized spacial score (nSPS) is 14.0. The van der Waals surface area contributed by atoms with Gasteiger partial charge in [-0.1, -0.05) is 161 Å². The molecule has 1 atom stereocenters. The van der Waals surface area contributed by atoms with Crippen LogP contribution in [-0.4, -0.2) is 70.2 Å². The second-order valence-corrected chi connectivity index (χ2v) is 22.3. The molecule has 0 aromatic heterocycles. The summed E-state index contributed by atoms with van der Waals surface area (Å²) < 4.78 is 125. The van der Waals surface area contributed by atoms with E-state index in [9.17, 15) is 33.7 Å². The van der Waals surface area contributed by atoms with Gasteiger partial charge < -0.3 is 9.84 Å². The van der Waals surface area contributed by atoms with Gasteiger partial charge in [0, 0.05) is 13.2 Å². The number of aryl methyl sites for hydroxylation is 3. The van der Waals surface area contributed by atoms with Crippen molar-refractivity contribution in [3.63, 3.8) is 0 Å². The number of hydrogen-bond acceptors (Lipinski definition) is 10. The standard InChI is InChI=1S/2C11H14O.2C9H12O3S.C8H8O3S.C7H8O3S/c1-11(8-5-9-12-11)10-6-3-2-4-7-10;1-10(6-5-9-12)11-7-3-2-4-8-11;2*1-2-3-8-4-6-9(7-5-8)13(10,11)12;1-2-7-3-5-8(6-4-7)12(9,10)11;1-6-2-4-7(5-3-6)11(8,9)10/h2-4,6-7H,5,8-9H2,1H3;2-4,7-8,12H,1,5-6,9H2;2*4-7H,2-3H2,1H3,(H,10,11,12);2-6H,1H2,(H,9,10,11);2-5H,1H3,(H,8,9,10). The molecule has 7 rings (SSSR count). The average molecular weight is 1080 g/mol. The second kappa shape index (κ2) is 31.2. The Kier molecular flexibility index (Phi) is 27.1. The third kappa shape index (κ3) is 24.8. The fourth-order valence-electron chi connectivity index (χ4n) is 6.63. The summed E-state index contributed by atoms with van der Waals surface area (Å²) in [5, 5.41) is 8.62. The van der Waals surface area contributed by atoms with Crippen molar-refractivity contribution in [1.29, 1.82) is 0 Å². The van der Waals surface area contributed by atoms with Crippen LogP contribution in [0.1, 0.15) is 92.7 Å². The number of hydrogen-bond donors (Lipinski definition) is 5. The molecule has 0 spiro atoms. The van der Waals surface area contributed by atoms with Crippen LogP contribution in [0.25, 0.3) is 11.6 Å². The predicted octanol–water partition coefficient (Wildman–Crippen LogP) is 11.8. The third-order valence-corrected chi connectivity index (χ3v) is 14.1. The van der Waals surface area contributed by atoms with Crippen molar-refractivity contribution in [2.45, 2.75) is 104 Å². The van der Waals surface area contributed by atoms with Crippen LogP contribution >= 0.6 is 0 Å². The summed E-state index contributed by atoms with van der Waals surface area (Å²) in [5.74, 6) is 0. The van der Waals surface area contributed by atoms with Gasteiger partial charge >= 0.3 is 0 Å². The molecular formula is C55H68O14S4. The van der Waals surface area contributed by atoms with E-state index in [-0.39, 0.29) is 31.8 Å². The molecule has 0 bridgehead atoms. The predicted molar refractivity (Wildman–Crippen MR) is 289 cm³/mol.